The highest BCUT2D eigenvalue weighted by molar-refractivity contribution is 8.01. The number of carbonyl (C=O) groups excluding carboxylic acids is 2. The molecule has 0 radical (unpaired) electrons. The van der Waals surface area contributed by atoms with Crippen molar-refractivity contribution in [3.8, 4) is 0 Å². The van der Waals surface area contributed by atoms with Gasteiger partial charge in [0.2, 0.25) is 5.91 Å². The first-order chi connectivity index (χ1) is 16.5. The fourth-order valence-corrected chi connectivity index (χ4v) is 6.99. The van der Waals surface area contributed by atoms with Crippen molar-refractivity contribution in [1.82, 2.24) is 14.3 Å². The molecule has 1 unspecified atom stereocenters. The number of amides is 1. The summed E-state index contributed by atoms with van der Waals surface area (Å²) in [6.07, 6.45) is -0.597. The van der Waals surface area contributed by atoms with Gasteiger partial charge < -0.3 is 10.5 Å². The van der Waals surface area contributed by atoms with Crippen molar-refractivity contribution in [3.05, 3.63) is 88.9 Å². The number of rotatable bonds is 7. The normalized spacial score (nSPS) is 19.7. The number of carbonyl (C=O) groups is 2. The molecule has 0 saturated carbocycles. The molecule has 1 fully saturated rings. The lowest BCUT2D eigenvalue weighted by Gasteiger charge is -2.48. The van der Waals surface area contributed by atoms with Crippen molar-refractivity contribution in [2.45, 2.75) is 28.8 Å². The monoisotopic (exact) mass is 510 g/mol. The van der Waals surface area contributed by atoms with Crippen LogP contribution in [0.3, 0.4) is 0 Å². The lowest BCUT2D eigenvalue weighted by Crippen LogP contribution is -2.68. The number of hydrogen-bond acceptors (Lipinski definition) is 9. The molecule has 3 heterocycles. The first-order valence-corrected chi connectivity index (χ1v) is 13.5. The van der Waals surface area contributed by atoms with E-state index in [-0.39, 0.29) is 11.3 Å². The van der Waals surface area contributed by atoms with Gasteiger partial charge in [0.05, 0.1) is 0 Å². The van der Waals surface area contributed by atoms with Crippen LogP contribution in [-0.4, -0.2) is 49.1 Å². The number of nitrogens with two attached hydrogens (primary N) is 1. The molecule has 5 rings (SSSR count). The Morgan fingerprint density at radius 1 is 1.18 bits per heavy atom. The van der Waals surface area contributed by atoms with Gasteiger partial charge in [-0.05, 0) is 35.2 Å². The fraction of sp³-hybridized carbons (Fsp3) is 0.250. The molecule has 2 aromatic carbocycles. The van der Waals surface area contributed by atoms with E-state index >= 15 is 0 Å². The maximum absolute atomic E-state index is 13.7. The minimum absolute atomic E-state index is 0.250. The average molecular weight is 511 g/mol. The van der Waals surface area contributed by atoms with Crippen LogP contribution in [-0.2, 0) is 14.3 Å². The van der Waals surface area contributed by atoms with Gasteiger partial charge in [-0.3, -0.25) is 9.69 Å². The second-order valence-corrected chi connectivity index (χ2v) is 11.0. The van der Waals surface area contributed by atoms with Crippen LogP contribution < -0.4 is 5.73 Å². The first-order valence-electron chi connectivity index (χ1n) is 10.7. The van der Waals surface area contributed by atoms with Gasteiger partial charge in [-0.15, -0.1) is 11.8 Å². The summed E-state index contributed by atoms with van der Waals surface area (Å²) in [6, 6.07) is 18.6. The van der Waals surface area contributed by atoms with E-state index in [9.17, 15) is 9.59 Å². The number of ether oxygens (including phenoxy) is 1. The molecular weight excluding hydrogens is 488 g/mol. The van der Waals surface area contributed by atoms with Gasteiger partial charge in [-0.2, -0.15) is 4.37 Å². The zero-order valence-electron chi connectivity index (χ0n) is 18.3. The number of nitrogens with zero attached hydrogens (tertiary/aromatic N) is 3. The van der Waals surface area contributed by atoms with E-state index in [0.29, 0.717) is 17.2 Å². The molecule has 2 atom stereocenters. The van der Waals surface area contributed by atoms with Crippen molar-refractivity contribution in [2.75, 3.05) is 11.5 Å². The van der Waals surface area contributed by atoms with Gasteiger partial charge in [0.15, 0.2) is 10.4 Å². The van der Waals surface area contributed by atoms with E-state index in [4.69, 9.17) is 10.5 Å². The van der Waals surface area contributed by atoms with Gasteiger partial charge in [0.25, 0.3) is 0 Å². The zero-order chi connectivity index (χ0) is 23.7. The number of fused-ring (bicyclic) bond motifs is 1. The summed E-state index contributed by atoms with van der Waals surface area (Å²) >= 11 is 4.41. The summed E-state index contributed by atoms with van der Waals surface area (Å²) in [4.78, 5) is 32.2. The van der Waals surface area contributed by atoms with E-state index in [2.05, 4.69) is 9.36 Å². The lowest BCUT2D eigenvalue weighted by molar-refractivity contribution is -0.153. The third kappa shape index (κ3) is 4.50. The minimum Gasteiger partial charge on any atom is -0.448 e. The van der Waals surface area contributed by atoms with Crippen LogP contribution >= 0.6 is 35.1 Å². The second-order valence-electron chi connectivity index (χ2n) is 7.89. The molecule has 10 heteroatoms. The minimum atomic E-state index is -0.605. The number of thioether (sulfide) groups is 2. The van der Waals surface area contributed by atoms with Crippen LogP contribution in [0.25, 0.3) is 0 Å². The maximum Gasteiger partial charge on any atom is 0.356 e. The highest BCUT2D eigenvalue weighted by Gasteiger charge is 2.52. The lowest BCUT2D eigenvalue weighted by atomic mass is 10.0. The van der Waals surface area contributed by atoms with E-state index in [0.717, 1.165) is 26.9 Å². The SMILES string of the molecule is Cc1nsc(SCC2=C(C(=O)OC(c3ccccc3)c3ccccc3)N3C(=O)C(N)[C@H]3SC2)n1. The second kappa shape index (κ2) is 9.91. The third-order valence-corrected chi connectivity index (χ3v) is 8.96. The summed E-state index contributed by atoms with van der Waals surface area (Å²) in [5.41, 5.74) is 8.89. The van der Waals surface area contributed by atoms with Crippen molar-refractivity contribution in [3.63, 3.8) is 0 Å². The first kappa shape index (κ1) is 23.1. The number of hydrogen-bond donors (Lipinski definition) is 1. The summed E-state index contributed by atoms with van der Waals surface area (Å²) < 4.78 is 11.1. The Morgan fingerprint density at radius 3 is 2.41 bits per heavy atom. The summed E-state index contributed by atoms with van der Waals surface area (Å²) in [7, 11) is 0. The molecule has 2 N–H and O–H groups in total. The molecule has 1 aromatic heterocycles. The van der Waals surface area contributed by atoms with Gasteiger partial charge in [0.1, 0.15) is 22.9 Å². The molecule has 1 amide bonds. The Morgan fingerprint density at radius 2 is 1.82 bits per heavy atom. The van der Waals surface area contributed by atoms with Gasteiger partial charge in [-0.1, -0.05) is 72.4 Å². The van der Waals surface area contributed by atoms with Crippen LogP contribution in [0.4, 0.5) is 0 Å². The smallest absolute Gasteiger partial charge is 0.356 e. The van der Waals surface area contributed by atoms with Crippen LogP contribution in [0.1, 0.15) is 23.1 Å². The molecule has 0 aliphatic carbocycles. The third-order valence-electron chi connectivity index (χ3n) is 5.59. The quantitative estimate of drug-likeness (QED) is 0.291. The standard InChI is InChI=1S/C24H22N4O3S3/c1-14-26-24(34-27-14)33-13-17-12-32-22-18(25)21(29)28(22)19(17)23(30)31-20(15-8-4-2-5-9-15)16-10-6-3-7-11-16/h2-11,18,20,22H,12-13,25H2,1H3/t18?,22-/m1/s1. The van der Waals surface area contributed by atoms with Crippen molar-refractivity contribution >= 4 is 46.9 Å². The van der Waals surface area contributed by atoms with E-state index < -0.39 is 18.1 Å². The average Bonchev–Trinajstić information content (AvgIpc) is 3.30. The van der Waals surface area contributed by atoms with Gasteiger partial charge >= 0.3 is 5.97 Å². The number of esters is 1. The number of β-lactam (4-membered cyclic amide) rings is 1. The predicted octanol–water partition coefficient (Wildman–Crippen LogP) is 3.77. The molecule has 174 valence electrons. The van der Waals surface area contributed by atoms with Crippen LogP contribution in [0, 0.1) is 6.92 Å². The summed E-state index contributed by atoms with van der Waals surface area (Å²) in [5, 5.41) is -0.250. The fourth-order valence-electron chi connectivity index (χ4n) is 3.91. The predicted molar refractivity (Wildman–Crippen MR) is 134 cm³/mol. The van der Waals surface area contributed by atoms with Crippen molar-refractivity contribution in [1.29, 1.82) is 0 Å². The van der Waals surface area contributed by atoms with Crippen LogP contribution in [0.15, 0.2) is 76.3 Å². The molecule has 0 spiro atoms. The van der Waals surface area contributed by atoms with Gasteiger partial charge in [0, 0.05) is 11.5 Å². The number of aromatic nitrogens is 2. The Hall–Kier alpha value is -2.66. The zero-order valence-corrected chi connectivity index (χ0v) is 20.7. The van der Waals surface area contributed by atoms with Crippen LogP contribution in [0.2, 0.25) is 0 Å². The summed E-state index contributed by atoms with van der Waals surface area (Å²) in [6.45, 7) is 1.84. The van der Waals surface area contributed by atoms with Crippen molar-refractivity contribution < 1.29 is 14.3 Å². The number of benzene rings is 2. The largest absolute Gasteiger partial charge is 0.448 e. The topological polar surface area (TPSA) is 98.4 Å². The van der Waals surface area contributed by atoms with E-state index in [1.807, 2.05) is 67.6 Å². The Balaban J connectivity index is 1.47. The van der Waals surface area contributed by atoms with E-state index in [1.54, 1.807) is 11.8 Å². The highest BCUT2D eigenvalue weighted by Crippen LogP contribution is 2.42. The molecule has 7 nitrogen and oxygen atoms in total. The Bertz CT molecular complexity index is 1190. The van der Waals surface area contributed by atoms with Crippen LogP contribution in [0.5, 0.6) is 0 Å². The molecule has 3 aromatic rings. The molecule has 34 heavy (non-hydrogen) atoms. The van der Waals surface area contributed by atoms with Gasteiger partial charge in [-0.25, -0.2) is 9.78 Å². The Labute approximate surface area is 209 Å². The van der Waals surface area contributed by atoms with Crippen molar-refractivity contribution in [2.24, 2.45) is 5.73 Å². The molecular formula is C24H22N4O3S3. The molecule has 1 saturated heterocycles. The maximum atomic E-state index is 13.7. The molecule has 0 bridgehead atoms. The molecule has 2 aliphatic heterocycles. The summed E-state index contributed by atoms with van der Waals surface area (Å²) in [5.74, 6) is 1.05. The van der Waals surface area contributed by atoms with E-state index in [1.165, 1.54) is 28.2 Å². The molecule has 2 aliphatic rings. The number of aryl methyl sites for hydroxylation is 1. The Kier molecular flexibility index (Phi) is 6.73. The highest BCUT2D eigenvalue weighted by atomic mass is 32.2.